The SMILES string of the molecule is Cc1nc2ccccc2n1CC(=O)N[C@@H](c1ccc(F)cc1)[C@@H]1CCCO1. The predicted molar refractivity (Wildman–Crippen MR) is 101 cm³/mol. The van der Waals surface area contributed by atoms with E-state index >= 15 is 0 Å². The molecule has 1 saturated heterocycles. The Balaban J connectivity index is 1.56. The normalized spacial score (nSPS) is 17.9. The van der Waals surface area contributed by atoms with Crippen LogP contribution >= 0.6 is 0 Å². The van der Waals surface area contributed by atoms with Crippen LogP contribution < -0.4 is 5.32 Å². The number of aryl methyl sites for hydroxylation is 1. The number of hydrogen-bond acceptors (Lipinski definition) is 3. The van der Waals surface area contributed by atoms with Crippen LogP contribution in [-0.4, -0.2) is 28.2 Å². The van der Waals surface area contributed by atoms with Crippen molar-refractivity contribution in [2.45, 2.75) is 38.5 Å². The first-order valence-electron chi connectivity index (χ1n) is 9.20. The molecule has 140 valence electrons. The van der Waals surface area contributed by atoms with Gasteiger partial charge in [0, 0.05) is 6.61 Å². The van der Waals surface area contributed by atoms with Gasteiger partial charge in [-0.2, -0.15) is 0 Å². The molecule has 2 heterocycles. The molecule has 1 aliphatic rings. The number of nitrogens with zero attached hydrogens (tertiary/aromatic N) is 2. The standard InChI is InChI=1S/C21H22FN3O2/c1-14-23-17-5-2-3-6-18(17)25(14)13-20(26)24-21(19-7-4-12-27-19)15-8-10-16(22)11-9-15/h2-3,5-6,8-11,19,21H,4,7,12-13H2,1H3,(H,24,26)/t19-,21-/m0/s1. The van der Waals surface area contributed by atoms with E-state index in [-0.39, 0.29) is 30.4 Å². The van der Waals surface area contributed by atoms with E-state index < -0.39 is 0 Å². The Morgan fingerprint density at radius 3 is 2.81 bits per heavy atom. The van der Waals surface area contributed by atoms with E-state index in [1.54, 1.807) is 12.1 Å². The number of ether oxygens (including phenoxy) is 1. The van der Waals surface area contributed by atoms with E-state index in [1.807, 2.05) is 35.8 Å². The number of carbonyl (C=O) groups is 1. The largest absolute Gasteiger partial charge is 0.376 e. The lowest BCUT2D eigenvalue weighted by Crippen LogP contribution is -2.38. The molecule has 3 aromatic rings. The minimum absolute atomic E-state index is 0.0972. The molecular formula is C21H22FN3O2. The van der Waals surface area contributed by atoms with Crippen molar-refractivity contribution in [2.75, 3.05) is 6.61 Å². The molecule has 0 unspecified atom stereocenters. The Morgan fingerprint density at radius 2 is 2.07 bits per heavy atom. The van der Waals surface area contributed by atoms with Gasteiger partial charge >= 0.3 is 0 Å². The Bertz CT molecular complexity index is 946. The van der Waals surface area contributed by atoms with Gasteiger partial charge in [-0.3, -0.25) is 4.79 Å². The number of para-hydroxylation sites is 2. The van der Waals surface area contributed by atoms with Gasteiger partial charge in [0.05, 0.1) is 23.2 Å². The highest BCUT2D eigenvalue weighted by Crippen LogP contribution is 2.27. The number of amides is 1. The second-order valence-corrected chi connectivity index (χ2v) is 6.88. The van der Waals surface area contributed by atoms with Crippen LogP contribution in [0, 0.1) is 12.7 Å². The number of carbonyl (C=O) groups excluding carboxylic acids is 1. The third kappa shape index (κ3) is 3.71. The lowest BCUT2D eigenvalue weighted by molar-refractivity contribution is -0.123. The summed E-state index contributed by atoms with van der Waals surface area (Å²) in [6.45, 7) is 2.76. The third-order valence-corrected chi connectivity index (χ3v) is 5.03. The van der Waals surface area contributed by atoms with Gasteiger partial charge in [0.1, 0.15) is 18.2 Å². The van der Waals surface area contributed by atoms with Gasteiger partial charge in [0.25, 0.3) is 0 Å². The summed E-state index contributed by atoms with van der Waals surface area (Å²) in [5, 5.41) is 3.09. The zero-order chi connectivity index (χ0) is 18.8. The minimum Gasteiger partial charge on any atom is -0.376 e. The highest BCUT2D eigenvalue weighted by molar-refractivity contribution is 5.81. The number of halogens is 1. The van der Waals surface area contributed by atoms with Gasteiger partial charge in [-0.05, 0) is 49.6 Å². The topological polar surface area (TPSA) is 56.2 Å². The lowest BCUT2D eigenvalue weighted by Gasteiger charge is -2.25. The zero-order valence-corrected chi connectivity index (χ0v) is 15.2. The molecular weight excluding hydrogens is 345 g/mol. The van der Waals surface area contributed by atoms with Crippen molar-refractivity contribution in [3.8, 4) is 0 Å². The molecule has 6 heteroatoms. The fourth-order valence-electron chi connectivity index (χ4n) is 3.68. The summed E-state index contributed by atoms with van der Waals surface area (Å²) in [5.74, 6) is 0.379. The first-order chi connectivity index (χ1) is 13.1. The molecule has 1 fully saturated rings. The highest BCUT2D eigenvalue weighted by atomic mass is 19.1. The van der Waals surface area contributed by atoms with Gasteiger partial charge in [0.15, 0.2) is 0 Å². The molecule has 5 nitrogen and oxygen atoms in total. The summed E-state index contributed by atoms with van der Waals surface area (Å²) in [6, 6.07) is 13.7. The fraction of sp³-hybridized carbons (Fsp3) is 0.333. The van der Waals surface area contributed by atoms with Crippen molar-refractivity contribution >= 4 is 16.9 Å². The smallest absolute Gasteiger partial charge is 0.240 e. The van der Waals surface area contributed by atoms with Crippen molar-refractivity contribution < 1.29 is 13.9 Å². The van der Waals surface area contributed by atoms with Crippen molar-refractivity contribution in [3.05, 3.63) is 65.7 Å². The van der Waals surface area contributed by atoms with Crippen LogP contribution in [-0.2, 0) is 16.1 Å². The van der Waals surface area contributed by atoms with E-state index in [1.165, 1.54) is 12.1 Å². The molecule has 1 aliphatic heterocycles. The lowest BCUT2D eigenvalue weighted by atomic mass is 9.99. The second-order valence-electron chi connectivity index (χ2n) is 6.88. The molecule has 2 aromatic carbocycles. The highest BCUT2D eigenvalue weighted by Gasteiger charge is 2.29. The Morgan fingerprint density at radius 1 is 1.30 bits per heavy atom. The first kappa shape index (κ1) is 17.7. The number of imidazole rings is 1. The fourth-order valence-corrected chi connectivity index (χ4v) is 3.68. The van der Waals surface area contributed by atoms with Crippen molar-refractivity contribution in [1.29, 1.82) is 0 Å². The Kier molecular flexibility index (Phi) is 4.90. The quantitative estimate of drug-likeness (QED) is 0.751. The number of fused-ring (bicyclic) bond motifs is 1. The molecule has 1 aromatic heterocycles. The minimum atomic E-state index is -0.296. The summed E-state index contributed by atoms with van der Waals surface area (Å²) in [7, 11) is 0. The average molecular weight is 367 g/mol. The number of aromatic nitrogens is 2. The van der Waals surface area contributed by atoms with E-state index in [2.05, 4.69) is 10.3 Å². The van der Waals surface area contributed by atoms with Gasteiger partial charge in [-0.25, -0.2) is 9.37 Å². The molecule has 4 rings (SSSR count). The summed E-state index contributed by atoms with van der Waals surface area (Å²) < 4.78 is 21.0. The molecule has 1 N–H and O–H groups in total. The van der Waals surface area contributed by atoms with Gasteiger partial charge < -0.3 is 14.6 Å². The van der Waals surface area contributed by atoms with Crippen LogP contribution in [0.3, 0.4) is 0 Å². The van der Waals surface area contributed by atoms with Crippen molar-refractivity contribution in [2.24, 2.45) is 0 Å². The number of nitrogens with one attached hydrogen (secondary N) is 1. The Hall–Kier alpha value is -2.73. The summed E-state index contributed by atoms with van der Waals surface area (Å²) in [6.07, 6.45) is 1.74. The first-order valence-corrected chi connectivity index (χ1v) is 9.20. The van der Waals surface area contributed by atoms with E-state index in [4.69, 9.17) is 4.74 Å². The zero-order valence-electron chi connectivity index (χ0n) is 15.2. The second kappa shape index (κ2) is 7.48. The maximum Gasteiger partial charge on any atom is 0.240 e. The van der Waals surface area contributed by atoms with Crippen molar-refractivity contribution in [3.63, 3.8) is 0 Å². The number of rotatable bonds is 5. The number of hydrogen-bond donors (Lipinski definition) is 1. The summed E-state index contributed by atoms with van der Waals surface area (Å²) in [4.78, 5) is 17.3. The molecule has 0 saturated carbocycles. The number of benzene rings is 2. The average Bonchev–Trinajstić information content (AvgIpc) is 3.29. The van der Waals surface area contributed by atoms with E-state index in [9.17, 15) is 9.18 Å². The maximum atomic E-state index is 13.3. The monoisotopic (exact) mass is 367 g/mol. The molecule has 1 amide bonds. The summed E-state index contributed by atoms with van der Waals surface area (Å²) in [5.41, 5.74) is 2.65. The van der Waals surface area contributed by atoms with Gasteiger partial charge in [0.2, 0.25) is 5.91 Å². The van der Waals surface area contributed by atoms with Crippen LogP contribution in [0.4, 0.5) is 4.39 Å². The van der Waals surface area contributed by atoms with Crippen LogP contribution in [0.15, 0.2) is 48.5 Å². The molecule has 2 atom stereocenters. The molecule has 0 radical (unpaired) electrons. The Labute approximate surface area is 157 Å². The predicted octanol–water partition coefficient (Wildman–Crippen LogP) is 3.52. The van der Waals surface area contributed by atoms with Gasteiger partial charge in [-0.1, -0.05) is 24.3 Å². The van der Waals surface area contributed by atoms with Gasteiger partial charge in [-0.15, -0.1) is 0 Å². The molecule has 27 heavy (non-hydrogen) atoms. The van der Waals surface area contributed by atoms with Crippen LogP contribution in [0.5, 0.6) is 0 Å². The van der Waals surface area contributed by atoms with Crippen LogP contribution in [0.25, 0.3) is 11.0 Å². The van der Waals surface area contributed by atoms with E-state index in [0.717, 1.165) is 35.3 Å². The third-order valence-electron chi connectivity index (χ3n) is 5.03. The van der Waals surface area contributed by atoms with E-state index in [0.29, 0.717) is 6.61 Å². The summed E-state index contributed by atoms with van der Waals surface area (Å²) >= 11 is 0. The molecule has 0 aliphatic carbocycles. The molecule has 0 spiro atoms. The molecule has 0 bridgehead atoms. The van der Waals surface area contributed by atoms with Crippen LogP contribution in [0.2, 0.25) is 0 Å². The van der Waals surface area contributed by atoms with Crippen molar-refractivity contribution in [1.82, 2.24) is 14.9 Å². The van der Waals surface area contributed by atoms with Crippen LogP contribution in [0.1, 0.15) is 30.3 Å². The maximum absolute atomic E-state index is 13.3.